The fraction of sp³-hybridized carbons (Fsp3) is 0.0769. The van der Waals surface area contributed by atoms with E-state index in [-0.39, 0.29) is 0 Å². The van der Waals surface area contributed by atoms with Crippen molar-refractivity contribution in [3.05, 3.63) is 54.1 Å². The van der Waals surface area contributed by atoms with Crippen molar-refractivity contribution in [3.8, 4) is 11.1 Å². The van der Waals surface area contributed by atoms with Crippen LogP contribution >= 0.6 is 0 Å². The third-order valence-electron chi connectivity index (χ3n) is 2.35. The van der Waals surface area contributed by atoms with Crippen LogP contribution in [0.15, 0.2) is 42.5 Å². The van der Waals surface area contributed by atoms with Gasteiger partial charge in [0.25, 0.3) is 0 Å². The molecule has 75 valence electrons. The van der Waals surface area contributed by atoms with E-state index in [0.29, 0.717) is 12.2 Å². The van der Waals surface area contributed by atoms with E-state index in [2.05, 4.69) is 18.2 Å². The Morgan fingerprint density at radius 3 is 2.33 bits per heavy atom. The molecular formula is C13H13N2. The first-order valence-electron chi connectivity index (χ1n) is 4.86. The standard InChI is InChI=1S/C13H13N2/c14-9-10-4-6-11(7-5-10)12-2-1-3-13(15)8-12/h1-2,4-8H,9,14-15H2. The molecule has 0 aliphatic rings. The Morgan fingerprint density at radius 2 is 1.73 bits per heavy atom. The minimum absolute atomic E-state index is 0.574. The van der Waals surface area contributed by atoms with Crippen molar-refractivity contribution in [3.63, 3.8) is 0 Å². The summed E-state index contributed by atoms with van der Waals surface area (Å²) in [6.45, 7) is 0.574. The van der Waals surface area contributed by atoms with Crippen LogP contribution in [0, 0.1) is 6.07 Å². The van der Waals surface area contributed by atoms with Gasteiger partial charge in [-0.15, -0.1) is 0 Å². The minimum atomic E-state index is 0.574. The average Bonchev–Trinajstić information content (AvgIpc) is 2.29. The van der Waals surface area contributed by atoms with Crippen molar-refractivity contribution in [2.45, 2.75) is 6.54 Å². The fourth-order valence-corrected chi connectivity index (χ4v) is 1.50. The predicted octanol–water partition coefficient (Wildman–Crippen LogP) is 2.19. The van der Waals surface area contributed by atoms with Gasteiger partial charge in [0.2, 0.25) is 0 Å². The lowest BCUT2D eigenvalue weighted by molar-refractivity contribution is 1.07. The van der Waals surface area contributed by atoms with Gasteiger partial charge in [0.15, 0.2) is 0 Å². The van der Waals surface area contributed by atoms with Gasteiger partial charge in [-0.1, -0.05) is 36.4 Å². The molecule has 4 N–H and O–H groups in total. The van der Waals surface area contributed by atoms with E-state index in [1.54, 1.807) is 0 Å². The second-order valence-corrected chi connectivity index (χ2v) is 3.43. The van der Waals surface area contributed by atoms with Crippen LogP contribution in [0.3, 0.4) is 0 Å². The van der Waals surface area contributed by atoms with E-state index in [9.17, 15) is 0 Å². The molecule has 2 aromatic carbocycles. The molecule has 2 aromatic rings. The number of nitrogen functional groups attached to an aromatic ring is 1. The van der Waals surface area contributed by atoms with Gasteiger partial charge in [-0.3, -0.25) is 0 Å². The van der Waals surface area contributed by atoms with Gasteiger partial charge in [-0.2, -0.15) is 0 Å². The number of rotatable bonds is 2. The molecule has 0 saturated heterocycles. The number of anilines is 1. The second kappa shape index (κ2) is 4.15. The van der Waals surface area contributed by atoms with E-state index in [0.717, 1.165) is 16.7 Å². The Hall–Kier alpha value is -1.80. The highest BCUT2D eigenvalue weighted by Gasteiger charge is 1.97. The van der Waals surface area contributed by atoms with Crippen molar-refractivity contribution in [2.75, 3.05) is 5.73 Å². The Labute approximate surface area is 89.5 Å². The van der Waals surface area contributed by atoms with Gasteiger partial charge < -0.3 is 11.5 Å². The molecule has 0 amide bonds. The van der Waals surface area contributed by atoms with Crippen molar-refractivity contribution < 1.29 is 0 Å². The maximum atomic E-state index is 5.68. The molecular weight excluding hydrogens is 184 g/mol. The van der Waals surface area contributed by atoms with Crippen molar-refractivity contribution in [1.82, 2.24) is 0 Å². The highest BCUT2D eigenvalue weighted by molar-refractivity contribution is 5.67. The summed E-state index contributed by atoms with van der Waals surface area (Å²) in [5.41, 5.74) is 15.3. The largest absolute Gasteiger partial charge is 0.398 e. The van der Waals surface area contributed by atoms with Gasteiger partial charge >= 0.3 is 0 Å². The van der Waals surface area contributed by atoms with Crippen LogP contribution in [0.1, 0.15) is 5.56 Å². The maximum Gasteiger partial charge on any atom is 0.0400 e. The summed E-state index contributed by atoms with van der Waals surface area (Å²) in [5, 5.41) is 0. The first kappa shape index (κ1) is 9.74. The number of benzene rings is 2. The van der Waals surface area contributed by atoms with Crippen LogP contribution in [-0.4, -0.2) is 0 Å². The molecule has 15 heavy (non-hydrogen) atoms. The molecule has 2 rings (SSSR count). The van der Waals surface area contributed by atoms with Crippen LogP contribution < -0.4 is 11.5 Å². The summed E-state index contributed by atoms with van der Waals surface area (Å²) in [4.78, 5) is 0. The first-order chi connectivity index (χ1) is 7.29. The lowest BCUT2D eigenvalue weighted by Crippen LogP contribution is -1.95. The fourth-order valence-electron chi connectivity index (χ4n) is 1.50. The van der Waals surface area contributed by atoms with E-state index in [1.165, 1.54) is 0 Å². The van der Waals surface area contributed by atoms with Gasteiger partial charge in [0.1, 0.15) is 0 Å². The Kier molecular flexibility index (Phi) is 2.70. The smallest absolute Gasteiger partial charge is 0.0400 e. The first-order valence-corrected chi connectivity index (χ1v) is 4.86. The number of nitrogens with two attached hydrogens (primary N) is 2. The zero-order valence-corrected chi connectivity index (χ0v) is 8.40. The number of hydrogen-bond acceptors (Lipinski definition) is 2. The minimum Gasteiger partial charge on any atom is -0.398 e. The normalized spacial score (nSPS) is 10.2. The highest BCUT2D eigenvalue weighted by atomic mass is 14.5. The van der Waals surface area contributed by atoms with Crippen LogP contribution in [0.5, 0.6) is 0 Å². The molecule has 0 bridgehead atoms. The summed E-state index contributed by atoms with van der Waals surface area (Å²) in [5.74, 6) is 0. The molecule has 0 heterocycles. The molecule has 0 atom stereocenters. The quantitative estimate of drug-likeness (QED) is 0.725. The second-order valence-electron chi connectivity index (χ2n) is 3.43. The maximum absolute atomic E-state index is 5.68. The zero-order chi connectivity index (χ0) is 10.7. The van der Waals surface area contributed by atoms with E-state index in [4.69, 9.17) is 11.5 Å². The Balaban J connectivity index is 2.37. The van der Waals surface area contributed by atoms with Crippen LogP contribution in [0.4, 0.5) is 5.69 Å². The van der Waals surface area contributed by atoms with Crippen LogP contribution in [0.25, 0.3) is 11.1 Å². The van der Waals surface area contributed by atoms with Crippen LogP contribution in [0.2, 0.25) is 0 Å². The van der Waals surface area contributed by atoms with E-state index in [1.807, 2.05) is 30.3 Å². The lowest BCUT2D eigenvalue weighted by atomic mass is 10.0. The third-order valence-corrected chi connectivity index (χ3v) is 2.35. The molecule has 0 unspecified atom stereocenters. The summed E-state index contributed by atoms with van der Waals surface area (Å²) in [7, 11) is 0. The summed E-state index contributed by atoms with van der Waals surface area (Å²) in [6, 6.07) is 16.8. The Bertz CT molecular complexity index is 446. The molecule has 0 spiro atoms. The summed E-state index contributed by atoms with van der Waals surface area (Å²) < 4.78 is 0. The van der Waals surface area contributed by atoms with Gasteiger partial charge in [-0.05, 0) is 22.8 Å². The average molecular weight is 197 g/mol. The zero-order valence-electron chi connectivity index (χ0n) is 8.40. The summed E-state index contributed by atoms with van der Waals surface area (Å²) >= 11 is 0. The molecule has 0 saturated carbocycles. The molecule has 0 aliphatic carbocycles. The number of hydrogen-bond donors (Lipinski definition) is 2. The Morgan fingerprint density at radius 1 is 1.00 bits per heavy atom. The monoisotopic (exact) mass is 197 g/mol. The predicted molar refractivity (Wildman–Crippen MR) is 63.0 cm³/mol. The van der Waals surface area contributed by atoms with Crippen molar-refractivity contribution >= 4 is 5.69 Å². The van der Waals surface area contributed by atoms with Gasteiger partial charge in [-0.25, -0.2) is 0 Å². The SMILES string of the molecule is NCc1ccc(-c2cc[c]c(N)c2)cc1. The molecule has 0 fully saturated rings. The highest BCUT2D eigenvalue weighted by Crippen LogP contribution is 2.21. The van der Waals surface area contributed by atoms with Crippen molar-refractivity contribution in [2.24, 2.45) is 5.73 Å². The molecule has 0 aliphatic heterocycles. The van der Waals surface area contributed by atoms with Gasteiger partial charge in [0.05, 0.1) is 0 Å². The molecule has 2 nitrogen and oxygen atoms in total. The molecule has 0 aromatic heterocycles. The lowest BCUT2D eigenvalue weighted by Gasteiger charge is -2.03. The van der Waals surface area contributed by atoms with Crippen molar-refractivity contribution in [1.29, 1.82) is 0 Å². The molecule has 2 heteroatoms. The third kappa shape index (κ3) is 2.17. The van der Waals surface area contributed by atoms with Gasteiger partial charge in [0, 0.05) is 18.3 Å². The van der Waals surface area contributed by atoms with E-state index < -0.39 is 0 Å². The summed E-state index contributed by atoms with van der Waals surface area (Å²) in [6.07, 6.45) is 0. The topological polar surface area (TPSA) is 52.0 Å². The van der Waals surface area contributed by atoms with E-state index >= 15 is 0 Å². The van der Waals surface area contributed by atoms with Crippen LogP contribution in [-0.2, 0) is 6.54 Å². The molecule has 1 radical (unpaired) electrons.